The summed E-state index contributed by atoms with van der Waals surface area (Å²) >= 11 is 0. The number of rotatable bonds is 5. The molecule has 26 heavy (non-hydrogen) atoms. The van der Waals surface area contributed by atoms with Gasteiger partial charge in [0.25, 0.3) is 0 Å². The van der Waals surface area contributed by atoms with Gasteiger partial charge in [0, 0.05) is 32.4 Å². The van der Waals surface area contributed by atoms with Crippen LogP contribution in [0.5, 0.6) is 0 Å². The highest BCUT2D eigenvalue weighted by Gasteiger charge is 2.28. The number of nitrogens with zero attached hydrogens (tertiary/aromatic N) is 4. The first-order valence-corrected chi connectivity index (χ1v) is 9.36. The Bertz CT molecular complexity index is 909. The maximum atomic E-state index is 4.83. The molecule has 0 atom stereocenters. The molecule has 0 spiro atoms. The van der Waals surface area contributed by atoms with Crippen molar-refractivity contribution < 1.29 is 0 Å². The molecule has 3 N–H and O–H groups in total. The molecule has 1 aliphatic carbocycles. The number of fused-ring (bicyclic) bond motifs is 1. The van der Waals surface area contributed by atoms with Crippen molar-refractivity contribution in [3.05, 3.63) is 42.0 Å². The zero-order valence-corrected chi connectivity index (χ0v) is 14.7. The van der Waals surface area contributed by atoms with Crippen molar-refractivity contribution in [2.24, 2.45) is 0 Å². The maximum Gasteiger partial charge on any atom is 0.143 e. The van der Waals surface area contributed by atoms with Crippen LogP contribution in [0.25, 0.3) is 11.0 Å². The number of anilines is 2. The first-order valence-electron chi connectivity index (χ1n) is 9.36. The molecule has 5 rings (SSSR count). The van der Waals surface area contributed by atoms with Gasteiger partial charge in [-0.2, -0.15) is 0 Å². The number of hydrogen-bond acceptors (Lipinski definition) is 6. The largest absolute Gasteiger partial charge is 0.364 e. The lowest BCUT2D eigenvalue weighted by Gasteiger charge is -2.28. The van der Waals surface area contributed by atoms with Crippen LogP contribution in [-0.2, 0) is 6.54 Å². The molecule has 0 bridgehead atoms. The molecule has 2 fully saturated rings. The van der Waals surface area contributed by atoms with E-state index < -0.39 is 0 Å². The number of piperazine rings is 1. The molecule has 0 aromatic carbocycles. The molecule has 4 heterocycles. The standard InChI is InChI=1S/C19H23N7/c1-2-14(25-16(3-1)26-8-6-20-7-9-26)10-21-18-17-15(13-4-5-13)11-22-19(17)24-12-23-18/h1-3,11-13,20H,4-10H2,(H2,21,22,23,24). The summed E-state index contributed by atoms with van der Waals surface area (Å²) in [4.78, 5) is 19.3. The molecule has 0 radical (unpaired) electrons. The number of nitrogens with one attached hydrogen (secondary N) is 3. The third-order valence-corrected chi connectivity index (χ3v) is 5.19. The quantitative estimate of drug-likeness (QED) is 0.655. The van der Waals surface area contributed by atoms with Crippen molar-refractivity contribution in [1.82, 2.24) is 25.3 Å². The van der Waals surface area contributed by atoms with Crippen LogP contribution in [0.2, 0.25) is 0 Å². The first-order chi connectivity index (χ1) is 12.9. The fourth-order valence-electron chi connectivity index (χ4n) is 3.65. The summed E-state index contributed by atoms with van der Waals surface area (Å²) in [5.74, 6) is 2.61. The van der Waals surface area contributed by atoms with Gasteiger partial charge in [-0.25, -0.2) is 15.0 Å². The second kappa shape index (κ2) is 6.57. The molecule has 3 aromatic heterocycles. The van der Waals surface area contributed by atoms with E-state index in [9.17, 15) is 0 Å². The fourth-order valence-corrected chi connectivity index (χ4v) is 3.65. The summed E-state index contributed by atoms with van der Waals surface area (Å²) < 4.78 is 0. The van der Waals surface area contributed by atoms with Crippen molar-refractivity contribution >= 4 is 22.7 Å². The van der Waals surface area contributed by atoms with Gasteiger partial charge >= 0.3 is 0 Å². The number of pyridine rings is 1. The summed E-state index contributed by atoms with van der Waals surface area (Å²) in [7, 11) is 0. The van der Waals surface area contributed by atoms with Crippen molar-refractivity contribution in [3.63, 3.8) is 0 Å². The van der Waals surface area contributed by atoms with E-state index in [1.54, 1.807) is 6.33 Å². The molecule has 1 aliphatic heterocycles. The van der Waals surface area contributed by atoms with Crippen LogP contribution in [0, 0.1) is 0 Å². The van der Waals surface area contributed by atoms with Crippen LogP contribution in [0.15, 0.2) is 30.7 Å². The summed E-state index contributed by atoms with van der Waals surface area (Å²) in [6, 6.07) is 6.24. The number of aromatic amines is 1. The average Bonchev–Trinajstić information content (AvgIpc) is 3.46. The minimum atomic E-state index is 0.654. The van der Waals surface area contributed by atoms with Gasteiger partial charge in [0.1, 0.15) is 23.6 Å². The van der Waals surface area contributed by atoms with Crippen LogP contribution >= 0.6 is 0 Å². The molecule has 1 saturated heterocycles. The van der Waals surface area contributed by atoms with E-state index >= 15 is 0 Å². The molecule has 7 heteroatoms. The Kier molecular flexibility index (Phi) is 3.93. The van der Waals surface area contributed by atoms with Gasteiger partial charge in [0.15, 0.2) is 0 Å². The number of hydrogen-bond donors (Lipinski definition) is 3. The molecule has 0 amide bonds. The van der Waals surface area contributed by atoms with Crippen LogP contribution in [-0.4, -0.2) is 46.1 Å². The van der Waals surface area contributed by atoms with Crippen LogP contribution in [0.4, 0.5) is 11.6 Å². The van der Waals surface area contributed by atoms with Crippen LogP contribution in [0.1, 0.15) is 30.0 Å². The summed E-state index contributed by atoms with van der Waals surface area (Å²) in [5, 5.41) is 7.99. The van der Waals surface area contributed by atoms with Gasteiger partial charge in [-0.3, -0.25) is 0 Å². The van der Waals surface area contributed by atoms with Gasteiger partial charge < -0.3 is 20.5 Å². The third kappa shape index (κ3) is 2.99. The Hall–Kier alpha value is -2.67. The molecule has 3 aromatic rings. The van der Waals surface area contributed by atoms with Gasteiger partial charge in [-0.15, -0.1) is 0 Å². The Morgan fingerprint density at radius 1 is 1.15 bits per heavy atom. The van der Waals surface area contributed by atoms with Crippen molar-refractivity contribution in [1.29, 1.82) is 0 Å². The highest BCUT2D eigenvalue weighted by atomic mass is 15.2. The Morgan fingerprint density at radius 2 is 2.04 bits per heavy atom. The summed E-state index contributed by atoms with van der Waals surface area (Å²) in [6.45, 7) is 4.69. The van der Waals surface area contributed by atoms with E-state index in [-0.39, 0.29) is 0 Å². The van der Waals surface area contributed by atoms with E-state index in [4.69, 9.17) is 4.98 Å². The van der Waals surface area contributed by atoms with Crippen molar-refractivity contribution in [2.75, 3.05) is 36.4 Å². The zero-order valence-electron chi connectivity index (χ0n) is 14.7. The van der Waals surface area contributed by atoms with E-state index in [0.29, 0.717) is 12.5 Å². The molecular weight excluding hydrogens is 326 g/mol. The Balaban J connectivity index is 1.36. The second-order valence-corrected chi connectivity index (χ2v) is 7.04. The second-order valence-electron chi connectivity index (χ2n) is 7.04. The van der Waals surface area contributed by atoms with Crippen molar-refractivity contribution in [3.8, 4) is 0 Å². The monoisotopic (exact) mass is 349 g/mol. The predicted octanol–water partition coefficient (Wildman–Crippen LogP) is 2.25. The highest BCUT2D eigenvalue weighted by Crippen LogP contribution is 2.44. The average molecular weight is 349 g/mol. The molecular formula is C19H23N7. The Labute approximate surface area is 152 Å². The predicted molar refractivity (Wildman–Crippen MR) is 103 cm³/mol. The maximum absolute atomic E-state index is 4.83. The van der Waals surface area contributed by atoms with Crippen LogP contribution < -0.4 is 15.5 Å². The van der Waals surface area contributed by atoms with E-state index in [0.717, 1.165) is 54.5 Å². The summed E-state index contributed by atoms with van der Waals surface area (Å²) in [5.41, 5.74) is 3.27. The fraction of sp³-hybridized carbons (Fsp3) is 0.421. The lowest BCUT2D eigenvalue weighted by Crippen LogP contribution is -2.43. The minimum absolute atomic E-state index is 0.654. The lowest BCUT2D eigenvalue weighted by atomic mass is 10.1. The normalized spacial score (nSPS) is 17.6. The molecule has 0 unspecified atom stereocenters. The van der Waals surface area contributed by atoms with E-state index in [1.165, 1.54) is 18.4 Å². The molecule has 134 valence electrons. The zero-order chi connectivity index (χ0) is 17.3. The lowest BCUT2D eigenvalue weighted by molar-refractivity contribution is 0.584. The smallest absolute Gasteiger partial charge is 0.143 e. The van der Waals surface area contributed by atoms with Crippen molar-refractivity contribution in [2.45, 2.75) is 25.3 Å². The number of aromatic nitrogens is 4. The van der Waals surface area contributed by atoms with Gasteiger partial charge in [-0.05, 0) is 36.5 Å². The van der Waals surface area contributed by atoms with Gasteiger partial charge in [0.2, 0.25) is 0 Å². The summed E-state index contributed by atoms with van der Waals surface area (Å²) in [6.07, 6.45) is 6.22. The first kappa shape index (κ1) is 15.6. The van der Waals surface area contributed by atoms with Gasteiger partial charge in [-0.1, -0.05) is 6.07 Å². The molecule has 2 aliphatic rings. The van der Waals surface area contributed by atoms with Gasteiger partial charge in [0.05, 0.1) is 17.6 Å². The van der Waals surface area contributed by atoms with E-state index in [1.807, 2.05) is 0 Å². The topological polar surface area (TPSA) is 81.8 Å². The van der Waals surface area contributed by atoms with E-state index in [2.05, 4.69) is 54.9 Å². The Morgan fingerprint density at radius 3 is 2.88 bits per heavy atom. The molecule has 7 nitrogen and oxygen atoms in total. The highest BCUT2D eigenvalue weighted by molar-refractivity contribution is 5.91. The van der Waals surface area contributed by atoms with Crippen LogP contribution in [0.3, 0.4) is 0 Å². The third-order valence-electron chi connectivity index (χ3n) is 5.19. The minimum Gasteiger partial charge on any atom is -0.364 e. The SMILES string of the molecule is c1cc(CNc2ncnc3[nH]cc(C4CC4)c23)nc(N2CCNCC2)c1. The number of H-pyrrole nitrogens is 1. The molecule has 1 saturated carbocycles.